The predicted octanol–water partition coefficient (Wildman–Crippen LogP) is 1.51. The molecule has 0 aromatic carbocycles. The summed E-state index contributed by atoms with van der Waals surface area (Å²) in [6.45, 7) is 8.01. The van der Waals surface area contributed by atoms with E-state index in [1.165, 1.54) is 19.0 Å². The van der Waals surface area contributed by atoms with Gasteiger partial charge in [-0.3, -0.25) is 9.69 Å². The maximum absolute atomic E-state index is 12.0. The highest BCUT2D eigenvalue weighted by Gasteiger charge is 2.18. The molecule has 0 spiro atoms. The van der Waals surface area contributed by atoms with Crippen molar-refractivity contribution in [2.45, 2.75) is 39.2 Å². The van der Waals surface area contributed by atoms with E-state index in [4.69, 9.17) is 0 Å². The molecule has 1 saturated heterocycles. The smallest absolute Gasteiger partial charge is 0.271 e. The molecule has 1 aliphatic heterocycles. The molecule has 1 unspecified atom stereocenters. The number of carbonyl (C=O) groups excluding carboxylic acids is 1. The van der Waals surface area contributed by atoms with Gasteiger partial charge in [0.2, 0.25) is 0 Å². The van der Waals surface area contributed by atoms with Crippen LogP contribution >= 0.6 is 0 Å². The van der Waals surface area contributed by atoms with Crippen molar-refractivity contribution in [3.05, 3.63) is 18.1 Å². The largest absolute Gasteiger partial charge is 0.369 e. The number of nitrogens with one attached hydrogen (secondary N) is 2. The van der Waals surface area contributed by atoms with Crippen LogP contribution in [0.1, 0.15) is 43.6 Å². The van der Waals surface area contributed by atoms with Crippen LogP contribution in [0.15, 0.2) is 12.4 Å². The third-order valence-electron chi connectivity index (χ3n) is 3.76. The Bertz CT molecular complexity index is 442. The minimum Gasteiger partial charge on any atom is -0.369 e. The molecule has 2 rings (SSSR count). The number of hydrogen-bond donors (Lipinski definition) is 2. The van der Waals surface area contributed by atoms with E-state index >= 15 is 0 Å². The molecule has 116 valence electrons. The minimum atomic E-state index is -0.157. The van der Waals surface area contributed by atoms with Gasteiger partial charge in [0.25, 0.3) is 5.91 Å². The first-order chi connectivity index (χ1) is 10.2. The maximum Gasteiger partial charge on any atom is 0.271 e. The summed E-state index contributed by atoms with van der Waals surface area (Å²) >= 11 is 0. The molecule has 1 aliphatic rings. The van der Waals surface area contributed by atoms with Crippen molar-refractivity contribution in [2.75, 3.05) is 31.5 Å². The number of carbonyl (C=O) groups is 1. The molecular formula is C15H25N5O. The molecule has 0 radical (unpaired) electrons. The molecule has 1 fully saturated rings. The van der Waals surface area contributed by atoms with Gasteiger partial charge in [-0.1, -0.05) is 6.92 Å². The van der Waals surface area contributed by atoms with E-state index in [9.17, 15) is 4.79 Å². The quantitative estimate of drug-likeness (QED) is 0.797. The summed E-state index contributed by atoms with van der Waals surface area (Å²) in [7, 11) is 0. The van der Waals surface area contributed by atoms with Gasteiger partial charge in [-0.05, 0) is 39.3 Å². The summed E-state index contributed by atoms with van der Waals surface area (Å²) in [6.07, 6.45) is 6.67. The van der Waals surface area contributed by atoms with E-state index in [0.29, 0.717) is 24.1 Å². The third-order valence-corrected chi connectivity index (χ3v) is 3.76. The minimum absolute atomic E-state index is 0.157. The van der Waals surface area contributed by atoms with E-state index < -0.39 is 0 Å². The Morgan fingerprint density at radius 2 is 2.10 bits per heavy atom. The lowest BCUT2D eigenvalue weighted by Crippen LogP contribution is -2.40. The molecular weight excluding hydrogens is 266 g/mol. The Morgan fingerprint density at radius 1 is 1.33 bits per heavy atom. The first kappa shape index (κ1) is 15.7. The van der Waals surface area contributed by atoms with Crippen LogP contribution in [0.4, 0.5) is 5.82 Å². The van der Waals surface area contributed by atoms with Gasteiger partial charge >= 0.3 is 0 Å². The van der Waals surface area contributed by atoms with Crippen LogP contribution < -0.4 is 10.6 Å². The van der Waals surface area contributed by atoms with Crippen LogP contribution in [-0.4, -0.2) is 53.0 Å². The molecule has 0 aliphatic carbocycles. The maximum atomic E-state index is 12.0. The normalized spacial score (nSPS) is 16.7. The van der Waals surface area contributed by atoms with Crippen LogP contribution in [0.2, 0.25) is 0 Å². The standard InChI is InChI=1S/C15H25N5O/c1-3-6-16-14-11-17-13(10-18-14)15(21)19-9-12(2)20-7-4-5-8-20/h10-12H,3-9H2,1-2H3,(H,16,18)(H,19,21). The number of nitrogens with zero attached hydrogens (tertiary/aromatic N) is 3. The second-order valence-corrected chi connectivity index (χ2v) is 5.52. The van der Waals surface area contributed by atoms with Crippen molar-refractivity contribution < 1.29 is 4.79 Å². The van der Waals surface area contributed by atoms with Crippen LogP contribution in [0, 0.1) is 0 Å². The van der Waals surface area contributed by atoms with Gasteiger partial charge in [-0.25, -0.2) is 9.97 Å². The van der Waals surface area contributed by atoms with Crippen LogP contribution in [0.3, 0.4) is 0 Å². The highest BCUT2D eigenvalue weighted by Crippen LogP contribution is 2.10. The first-order valence-electron chi connectivity index (χ1n) is 7.79. The number of likely N-dealkylation sites (tertiary alicyclic amines) is 1. The molecule has 1 amide bonds. The number of anilines is 1. The Hall–Kier alpha value is -1.69. The summed E-state index contributed by atoms with van der Waals surface area (Å²) < 4.78 is 0. The molecule has 2 N–H and O–H groups in total. The topological polar surface area (TPSA) is 70.2 Å². The molecule has 0 bridgehead atoms. The van der Waals surface area contributed by atoms with Crippen LogP contribution in [-0.2, 0) is 0 Å². The summed E-state index contributed by atoms with van der Waals surface area (Å²) in [6, 6.07) is 0.370. The molecule has 1 aromatic rings. The third kappa shape index (κ3) is 4.67. The van der Waals surface area contributed by atoms with Crippen molar-refractivity contribution in [1.29, 1.82) is 0 Å². The summed E-state index contributed by atoms with van der Waals surface area (Å²) in [5.41, 5.74) is 0.366. The van der Waals surface area contributed by atoms with Gasteiger partial charge in [-0.15, -0.1) is 0 Å². The zero-order valence-electron chi connectivity index (χ0n) is 12.9. The fraction of sp³-hybridized carbons (Fsp3) is 0.667. The van der Waals surface area contributed by atoms with E-state index in [-0.39, 0.29) is 5.91 Å². The van der Waals surface area contributed by atoms with Gasteiger partial charge in [0, 0.05) is 19.1 Å². The Labute approximate surface area is 126 Å². The van der Waals surface area contributed by atoms with E-state index in [1.807, 2.05) is 0 Å². The zero-order valence-corrected chi connectivity index (χ0v) is 12.9. The van der Waals surface area contributed by atoms with E-state index in [2.05, 4.69) is 39.3 Å². The van der Waals surface area contributed by atoms with Gasteiger partial charge in [0.15, 0.2) is 0 Å². The van der Waals surface area contributed by atoms with E-state index in [1.54, 1.807) is 6.20 Å². The zero-order chi connectivity index (χ0) is 15.1. The average molecular weight is 291 g/mol. The lowest BCUT2D eigenvalue weighted by atomic mass is 10.3. The van der Waals surface area contributed by atoms with Crippen LogP contribution in [0.25, 0.3) is 0 Å². The predicted molar refractivity (Wildman–Crippen MR) is 83.4 cm³/mol. The first-order valence-corrected chi connectivity index (χ1v) is 7.79. The SMILES string of the molecule is CCCNc1cnc(C(=O)NCC(C)N2CCCC2)cn1. The lowest BCUT2D eigenvalue weighted by molar-refractivity contribution is 0.0935. The molecule has 1 atom stereocenters. The number of rotatable bonds is 7. The van der Waals surface area contributed by atoms with Crippen molar-refractivity contribution >= 4 is 11.7 Å². The number of hydrogen-bond acceptors (Lipinski definition) is 5. The molecule has 1 aromatic heterocycles. The Kier molecular flexibility index (Phi) is 5.92. The highest BCUT2D eigenvalue weighted by atomic mass is 16.1. The molecule has 6 nitrogen and oxygen atoms in total. The van der Waals surface area contributed by atoms with E-state index in [0.717, 1.165) is 26.1 Å². The fourth-order valence-electron chi connectivity index (χ4n) is 2.43. The van der Waals surface area contributed by atoms with Gasteiger partial charge < -0.3 is 10.6 Å². The summed E-state index contributed by atoms with van der Waals surface area (Å²) in [4.78, 5) is 22.8. The summed E-state index contributed by atoms with van der Waals surface area (Å²) in [5.74, 6) is 0.550. The molecule has 21 heavy (non-hydrogen) atoms. The molecule has 6 heteroatoms. The van der Waals surface area contributed by atoms with Gasteiger partial charge in [0.1, 0.15) is 11.5 Å². The van der Waals surface area contributed by atoms with Gasteiger partial charge in [0.05, 0.1) is 12.4 Å². The lowest BCUT2D eigenvalue weighted by Gasteiger charge is -2.23. The second-order valence-electron chi connectivity index (χ2n) is 5.52. The van der Waals surface area contributed by atoms with Crippen molar-refractivity contribution in [3.63, 3.8) is 0 Å². The Balaban J connectivity index is 1.79. The molecule has 2 heterocycles. The highest BCUT2D eigenvalue weighted by molar-refractivity contribution is 5.92. The number of amides is 1. The second kappa shape index (κ2) is 7.93. The number of aromatic nitrogens is 2. The average Bonchev–Trinajstić information content (AvgIpc) is 3.05. The summed E-state index contributed by atoms with van der Waals surface area (Å²) in [5, 5.41) is 6.07. The fourth-order valence-corrected chi connectivity index (χ4v) is 2.43. The van der Waals surface area contributed by atoms with Gasteiger partial charge in [-0.2, -0.15) is 0 Å². The van der Waals surface area contributed by atoms with Crippen molar-refractivity contribution in [3.8, 4) is 0 Å². The van der Waals surface area contributed by atoms with Crippen molar-refractivity contribution in [1.82, 2.24) is 20.2 Å². The van der Waals surface area contributed by atoms with Crippen molar-refractivity contribution in [2.24, 2.45) is 0 Å². The van der Waals surface area contributed by atoms with Crippen LogP contribution in [0.5, 0.6) is 0 Å². The monoisotopic (exact) mass is 291 g/mol. The Morgan fingerprint density at radius 3 is 2.71 bits per heavy atom. The molecule has 0 saturated carbocycles.